The summed E-state index contributed by atoms with van der Waals surface area (Å²) in [4.78, 5) is 12.9. The standard InChI is InChI=1S/C18H18F2N2O4S/c1-2-26-15-6-4-14(5-7-15)22-11-13(10-18(22)23)21-27(24,25)17-9-12(19)3-8-16(17)20/h3-9,13,21H,2,10-11H2,1H3/t13-/m0/s1. The predicted molar refractivity (Wildman–Crippen MR) is 95.0 cm³/mol. The first-order chi connectivity index (χ1) is 12.8. The van der Waals surface area contributed by atoms with Gasteiger partial charge in [0.05, 0.1) is 6.61 Å². The van der Waals surface area contributed by atoms with Gasteiger partial charge in [0.1, 0.15) is 22.3 Å². The smallest absolute Gasteiger partial charge is 0.243 e. The molecule has 2 aromatic rings. The van der Waals surface area contributed by atoms with Gasteiger partial charge in [-0.1, -0.05) is 0 Å². The lowest BCUT2D eigenvalue weighted by Crippen LogP contribution is -2.37. The van der Waals surface area contributed by atoms with E-state index in [9.17, 15) is 22.0 Å². The Hall–Kier alpha value is -2.52. The number of sulfonamides is 1. The SMILES string of the molecule is CCOc1ccc(N2C[C@@H](NS(=O)(=O)c3cc(F)ccc3F)CC2=O)cc1. The van der Waals surface area contributed by atoms with Gasteiger partial charge in [0.15, 0.2) is 0 Å². The van der Waals surface area contributed by atoms with Crippen molar-refractivity contribution < 1.29 is 26.7 Å². The number of halogens is 2. The van der Waals surface area contributed by atoms with Gasteiger partial charge in [0.2, 0.25) is 15.9 Å². The lowest BCUT2D eigenvalue weighted by Gasteiger charge is -2.18. The summed E-state index contributed by atoms with van der Waals surface area (Å²) in [6.07, 6.45) is -0.0800. The number of carbonyl (C=O) groups excluding carboxylic acids is 1. The van der Waals surface area contributed by atoms with Crippen LogP contribution in [0.25, 0.3) is 0 Å². The molecule has 9 heteroatoms. The van der Waals surface area contributed by atoms with E-state index in [1.165, 1.54) is 4.90 Å². The topological polar surface area (TPSA) is 75.7 Å². The molecular formula is C18H18F2N2O4S. The Bertz CT molecular complexity index is 948. The summed E-state index contributed by atoms with van der Waals surface area (Å²) in [7, 11) is -4.30. The molecule has 3 rings (SSSR count). The number of benzene rings is 2. The van der Waals surface area contributed by atoms with Gasteiger partial charge in [0, 0.05) is 24.7 Å². The first-order valence-corrected chi connectivity index (χ1v) is 9.79. The maximum absolute atomic E-state index is 13.8. The molecule has 2 aromatic carbocycles. The van der Waals surface area contributed by atoms with E-state index in [-0.39, 0.29) is 18.9 Å². The average molecular weight is 396 g/mol. The zero-order valence-corrected chi connectivity index (χ0v) is 15.3. The molecule has 1 aliphatic heterocycles. The molecule has 0 aliphatic carbocycles. The summed E-state index contributed by atoms with van der Waals surface area (Å²) in [5.41, 5.74) is 0.599. The van der Waals surface area contributed by atoms with Crippen LogP contribution in [0.15, 0.2) is 47.4 Å². The van der Waals surface area contributed by atoms with Gasteiger partial charge in [-0.25, -0.2) is 21.9 Å². The number of nitrogens with zero attached hydrogens (tertiary/aromatic N) is 1. The van der Waals surface area contributed by atoms with Crippen molar-refractivity contribution in [2.45, 2.75) is 24.3 Å². The van der Waals surface area contributed by atoms with Crippen LogP contribution in [0.5, 0.6) is 5.75 Å². The third kappa shape index (κ3) is 4.25. The van der Waals surface area contributed by atoms with Crippen molar-refractivity contribution in [3.8, 4) is 5.75 Å². The zero-order valence-electron chi connectivity index (χ0n) is 14.5. The van der Waals surface area contributed by atoms with E-state index >= 15 is 0 Å². The maximum atomic E-state index is 13.8. The van der Waals surface area contributed by atoms with Crippen LogP contribution in [0.1, 0.15) is 13.3 Å². The van der Waals surface area contributed by atoms with Gasteiger partial charge in [-0.3, -0.25) is 4.79 Å². The first-order valence-electron chi connectivity index (χ1n) is 8.31. The van der Waals surface area contributed by atoms with Crippen molar-refractivity contribution in [1.82, 2.24) is 4.72 Å². The molecule has 0 radical (unpaired) electrons. The molecule has 144 valence electrons. The molecule has 1 amide bonds. The minimum Gasteiger partial charge on any atom is -0.494 e. The molecule has 1 N–H and O–H groups in total. The molecule has 1 fully saturated rings. The lowest BCUT2D eigenvalue weighted by atomic mass is 10.3. The highest BCUT2D eigenvalue weighted by molar-refractivity contribution is 7.89. The van der Waals surface area contributed by atoms with Crippen molar-refractivity contribution in [2.75, 3.05) is 18.1 Å². The second-order valence-electron chi connectivity index (χ2n) is 6.03. The molecule has 0 spiro atoms. The Labute approximate surface area is 155 Å². The largest absolute Gasteiger partial charge is 0.494 e. The molecule has 6 nitrogen and oxygen atoms in total. The Balaban J connectivity index is 1.74. The second-order valence-corrected chi connectivity index (χ2v) is 7.71. The summed E-state index contributed by atoms with van der Waals surface area (Å²) < 4.78 is 59.4. The molecule has 27 heavy (non-hydrogen) atoms. The summed E-state index contributed by atoms with van der Waals surface area (Å²) in [6.45, 7) is 2.46. The van der Waals surface area contributed by atoms with Crippen LogP contribution in [-0.4, -0.2) is 33.5 Å². The number of rotatable bonds is 6. The molecule has 0 aromatic heterocycles. The lowest BCUT2D eigenvalue weighted by molar-refractivity contribution is -0.117. The number of nitrogens with one attached hydrogen (secondary N) is 1. The van der Waals surface area contributed by atoms with Crippen molar-refractivity contribution in [3.63, 3.8) is 0 Å². The summed E-state index contributed by atoms with van der Waals surface area (Å²) in [6, 6.07) is 8.27. The minimum absolute atomic E-state index is 0.0800. The first kappa shape index (κ1) is 19.2. The number of ether oxygens (including phenoxy) is 1. The van der Waals surface area contributed by atoms with Gasteiger partial charge in [-0.2, -0.15) is 0 Å². The Morgan fingerprint density at radius 1 is 1.19 bits per heavy atom. The van der Waals surface area contributed by atoms with E-state index < -0.39 is 32.6 Å². The van der Waals surface area contributed by atoms with E-state index in [0.717, 1.165) is 12.1 Å². The van der Waals surface area contributed by atoms with E-state index in [2.05, 4.69) is 4.72 Å². The molecule has 0 bridgehead atoms. The molecule has 0 saturated carbocycles. The van der Waals surface area contributed by atoms with Crippen LogP contribution >= 0.6 is 0 Å². The predicted octanol–water partition coefficient (Wildman–Crippen LogP) is 2.45. The number of hydrogen-bond donors (Lipinski definition) is 1. The number of amides is 1. The fraction of sp³-hybridized carbons (Fsp3) is 0.278. The monoisotopic (exact) mass is 396 g/mol. The Morgan fingerprint density at radius 3 is 2.56 bits per heavy atom. The quantitative estimate of drug-likeness (QED) is 0.814. The van der Waals surface area contributed by atoms with Gasteiger partial charge in [-0.15, -0.1) is 0 Å². The summed E-state index contributed by atoms with van der Waals surface area (Å²) >= 11 is 0. The molecule has 1 heterocycles. The van der Waals surface area contributed by atoms with Crippen LogP contribution in [0.4, 0.5) is 14.5 Å². The minimum atomic E-state index is -4.30. The average Bonchev–Trinajstić information content (AvgIpc) is 2.97. The van der Waals surface area contributed by atoms with Gasteiger partial charge in [0.25, 0.3) is 0 Å². The fourth-order valence-corrected chi connectivity index (χ4v) is 4.21. The maximum Gasteiger partial charge on any atom is 0.243 e. The van der Waals surface area contributed by atoms with E-state index in [4.69, 9.17) is 4.74 Å². The molecule has 1 aliphatic rings. The molecule has 1 atom stereocenters. The van der Waals surface area contributed by atoms with Crippen LogP contribution in [0.3, 0.4) is 0 Å². The van der Waals surface area contributed by atoms with Gasteiger partial charge in [-0.05, 0) is 49.4 Å². The van der Waals surface area contributed by atoms with Gasteiger partial charge >= 0.3 is 0 Å². The van der Waals surface area contributed by atoms with Crippen LogP contribution in [0.2, 0.25) is 0 Å². The fourth-order valence-electron chi connectivity index (χ4n) is 2.89. The number of carbonyl (C=O) groups is 1. The number of hydrogen-bond acceptors (Lipinski definition) is 4. The second kappa shape index (κ2) is 7.61. The third-order valence-electron chi connectivity index (χ3n) is 4.09. The molecule has 1 saturated heterocycles. The highest BCUT2D eigenvalue weighted by Gasteiger charge is 2.34. The van der Waals surface area contributed by atoms with Crippen molar-refractivity contribution in [1.29, 1.82) is 0 Å². The van der Waals surface area contributed by atoms with Crippen molar-refractivity contribution >= 4 is 21.6 Å². The summed E-state index contributed by atoms with van der Waals surface area (Å²) in [5.74, 6) is -1.54. The van der Waals surface area contributed by atoms with E-state index in [1.807, 2.05) is 6.92 Å². The zero-order chi connectivity index (χ0) is 19.6. The van der Waals surface area contributed by atoms with Crippen LogP contribution < -0.4 is 14.4 Å². The highest BCUT2D eigenvalue weighted by atomic mass is 32.2. The third-order valence-corrected chi connectivity index (χ3v) is 5.62. The number of anilines is 1. The molecule has 0 unspecified atom stereocenters. The van der Waals surface area contributed by atoms with Crippen molar-refractivity contribution in [3.05, 3.63) is 54.1 Å². The van der Waals surface area contributed by atoms with E-state index in [1.54, 1.807) is 24.3 Å². The Kier molecular flexibility index (Phi) is 5.43. The Morgan fingerprint density at radius 2 is 1.89 bits per heavy atom. The van der Waals surface area contributed by atoms with Crippen LogP contribution in [-0.2, 0) is 14.8 Å². The van der Waals surface area contributed by atoms with Crippen molar-refractivity contribution in [2.24, 2.45) is 0 Å². The normalized spacial score (nSPS) is 17.4. The molecular weight excluding hydrogens is 378 g/mol. The van der Waals surface area contributed by atoms with Crippen LogP contribution in [0, 0.1) is 11.6 Å². The highest BCUT2D eigenvalue weighted by Crippen LogP contribution is 2.25. The van der Waals surface area contributed by atoms with E-state index in [0.29, 0.717) is 24.1 Å². The summed E-state index contributed by atoms with van der Waals surface area (Å²) in [5, 5.41) is 0. The van der Waals surface area contributed by atoms with Gasteiger partial charge < -0.3 is 9.64 Å².